The quantitative estimate of drug-likeness (QED) is 0.245. The van der Waals surface area contributed by atoms with Crippen molar-refractivity contribution in [2.45, 2.75) is 0 Å². The highest BCUT2D eigenvalue weighted by Crippen LogP contribution is 2.27. The first-order chi connectivity index (χ1) is 7.65. The van der Waals surface area contributed by atoms with Crippen molar-refractivity contribution >= 4 is 45.3 Å². The molecule has 0 unspecified atom stereocenters. The van der Waals surface area contributed by atoms with Crippen molar-refractivity contribution in [3.05, 3.63) is 40.3 Å². The molecular weight excluding hydrogens is 326 g/mol. The van der Waals surface area contributed by atoms with Crippen molar-refractivity contribution < 1.29 is 22.0 Å². The molecule has 0 heterocycles. The first-order valence-corrected chi connectivity index (χ1v) is 9.04. The maximum absolute atomic E-state index is 13.1. The van der Waals surface area contributed by atoms with Gasteiger partial charge in [0.1, 0.15) is 0 Å². The van der Waals surface area contributed by atoms with Crippen LogP contribution in [0.25, 0.3) is 6.08 Å². The maximum atomic E-state index is 13.1. The molecule has 0 saturated heterocycles. The van der Waals surface area contributed by atoms with Crippen LogP contribution in [-0.2, 0) is 0 Å². The van der Waals surface area contributed by atoms with Gasteiger partial charge in [0, 0.05) is 0 Å². The molecule has 0 fully saturated rings. The second kappa shape index (κ2) is 5.13. The largest absolute Gasteiger partial charge is 0.365 e. The molecule has 0 spiro atoms. The van der Waals surface area contributed by atoms with Crippen LogP contribution in [-0.4, -0.2) is 6.00 Å². The van der Waals surface area contributed by atoms with E-state index in [0.717, 1.165) is 5.70 Å². The SMILES string of the molecule is Fc1c(F)c(F)c(/C=C/[Si](Cl)(Cl)Cl)c(F)c1F. The zero-order valence-electron chi connectivity index (χ0n) is 7.68. The summed E-state index contributed by atoms with van der Waals surface area (Å²) in [4.78, 5) is 0. The minimum atomic E-state index is -3.37. The molecule has 1 rings (SSSR count). The summed E-state index contributed by atoms with van der Waals surface area (Å²) in [5.41, 5.74) is -0.337. The van der Waals surface area contributed by atoms with Crippen molar-refractivity contribution in [3.63, 3.8) is 0 Å². The predicted octanol–water partition coefficient (Wildman–Crippen LogP) is 4.59. The number of rotatable bonds is 2. The Kier molecular flexibility index (Phi) is 4.46. The van der Waals surface area contributed by atoms with Crippen LogP contribution in [0, 0.1) is 29.1 Å². The first kappa shape index (κ1) is 14.8. The molecule has 17 heavy (non-hydrogen) atoms. The van der Waals surface area contributed by atoms with Crippen LogP contribution < -0.4 is 0 Å². The van der Waals surface area contributed by atoms with Gasteiger partial charge in [-0.15, -0.1) is 33.2 Å². The van der Waals surface area contributed by atoms with E-state index in [1.165, 1.54) is 0 Å². The molecule has 1 aromatic rings. The summed E-state index contributed by atoms with van der Waals surface area (Å²) in [6, 6.07) is -3.37. The van der Waals surface area contributed by atoms with Crippen molar-refractivity contribution in [1.82, 2.24) is 0 Å². The summed E-state index contributed by atoms with van der Waals surface area (Å²) in [5, 5.41) is 0. The zero-order valence-corrected chi connectivity index (χ0v) is 10.9. The highest BCUT2D eigenvalue weighted by Gasteiger charge is 2.26. The standard InChI is InChI=1S/C8H2Cl3F5Si/c9-17(10,11)2-1-3-4(12)6(14)8(16)7(15)5(3)13/h1-2H/b2-1+. The Morgan fingerprint density at radius 1 is 0.706 bits per heavy atom. The van der Waals surface area contributed by atoms with Gasteiger partial charge in [0.25, 0.3) is 0 Å². The van der Waals surface area contributed by atoms with Gasteiger partial charge >= 0.3 is 6.00 Å². The van der Waals surface area contributed by atoms with Gasteiger partial charge < -0.3 is 0 Å². The molecule has 0 aliphatic heterocycles. The monoisotopic (exact) mass is 326 g/mol. The second-order valence-electron chi connectivity index (χ2n) is 2.86. The first-order valence-electron chi connectivity index (χ1n) is 3.92. The van der Waals surface area contributed by atoms with Gasteiger partial charge in [0.05, 0.1) is 5.56 Å². The minimum Gasteiger partial charge on any atom is -0.203 e. The highest BCUT2D eigenvalue weighted by molar-refractivity contribution is 7.66. The van der Waals surface area contributed by atoms with E-state index < -0.39 is 40.7 Å². The Labute approximate surface area is 108 Å². The van der Waals surface area contributed by atoms with Crippen molar-refractivity contribution in [1.29, 1.82) is 0 Å². The molecule has 0 amide bonds. The Morgan fingerprint density at radius 3 is 1.41 bits per heavy atom. The summed E-state index contributed by atoms with van der Waals surface area (Å²) in [6.45, 7) is 0. The van der Waals surface area contributed by atoms with Crippen LogP contribution in [0.1, 0.15) is 5.56 Å². The Hall–Kier alpha value is -0.303. The Balaban J connectivity index is 3.40. The summed E-state index contributed by atoms with van der Waals surface area (Å²) in [6.07, 6.45) is 0.565. The molecule has 0 atom stereocenters. The van der Waals surface area contributed by atoms with E-state index in [1.54, 1.807) is 0 Å². The van der Waals surface area contributed by atoms with Gasteiger partial charge in [-0.2, -0.15) is 0 Å². The number of benzene rings is 1. The van der Waals surface area contributed by atoms with Crippen LogP contribution in [0.4, 0.5) is 22.0 Å². The number of hydrogen-bond donors (Lipinski definition) is 0. The van der Waals surface area contributed by atoms with Crippen LogP contribution in [0.3, 0.4) is 0 Å². The molecule has 0 N–H and O–H groups in total. The van der Waals surface area contributed by atoms with Gasteiger partial charge in [0.2, 0.25) is 5.82 Å². The average Bonchev–Trinajstić information content (AvgIpc) is 2.22. The topological polar surface area (TPSA) is 0 Å². The van der Waals surface area contributed by atoms with Crippen LogP contribution in [0.15, 0.2) is 5.70 Å². The molecule has 0 saturated carbocycles. The van der Waals surface area contributed by atoms with Crippen LogP contribution in [0.2, 0.25) is 0 Å². The molecule has 0 bridgehead atoms. The van der Waals surface area contributed by atoms with E-state index in [-0.39, 0.29) is 0 Å². The van der Waals surface area contributed by atoms with E-state index in [1.807, 2.05) is 0 Å². The normalized spacial score (nSPS) is 12.5. The van der Waals surface area contributed by atoms with Gasteiger partial charge in [-0.05, 0) is 0 Å². The van der Waals surface area contributed by atoms with E-state index in [9.17, 15) is 22.0 Å². The van der Waals surface area contributed by atoms with E-state index in [4.69, 9.17) is 33.2 Å². The van der Waals surface area contributed by atoms with Crippen LogP contribution >= 0.6 is 33.2 Å². The molecule has 0 aliphatic rings. The van der Waals surface area contributed by atoms with E-state index >= 15 is 0 Å². The number of halogens is 8. The fraction of sp³-hybridized carbons (Fsp3) is 0. The van der Waals surface area contributed by atoms with Crippen molar-refractivity contribution in [2.75, 3.05) is 0 Å². The fourth-order valence-electron chi connectivity index (χ4n) is 0.946. The third-order valence-corrected chi connectivity index (χ3v) is 3.36. The van der Waals surface area contributed by atoms with E-state index in [2.05, 4.69) is 0 Å². The molecular formula is C8H2Cl3F5Si. The lowest BCUT2D eigenvalue weighted by atomic mass is 10.1. The zero-order chi connectivity index (χ0) is 13.4. The second-order valence-corrected chi connectivity index (χ2v) is 11.4. The number of hydrogen-bond acceptors (Lipinski definition) is 0. The summed E-state index contributed by atoms with van der Waals surface area (Å²) in [7, 11) is 0. The Morgan fingerprint density at radius 2 is 1.06 bits per heavy atom. The predicted molar refractivity (Wildman–Crippen MR) is 58.6 cm³/mol. The lowest BCUT2D eigenvalue weighted by molar-refractivity contribution is 0.377. The average molecular weight is 328 g/mol. The molecule has 1 aromatic carbocycles. The lowest BCUT2D eigenvalue weighted by Crippen LogP contribution is -2.06. The third kappa shape index (κ3) is 3.34. The maximum Gasteiger partial charge on any atom is 0.365 e. The highest BCUT2D eigenvalue weighted by atomic mass is 35.8. The molecule has 94 valence electrons. The fourth-order valence-corrected chi connectivity index (χ4v) is 1.87. The van der Waals surface area contributed by atoms with Crippen molar-refractivity contribution in [2.24, 2.45) is 0 Å². The van der Waals surface area contributed by atoms with E-state index in [0.29, 0.717) is 6.08 Å². The van der Waals surface area contributed by atoms with Gasteiger partial charge in [-0.1, -0.05) is 11.8 Å². The summed E-state index contributed by atoms with van der Waals surface area (Å²) < 4.78 is 64.3. The summed E-state index contributed by atoms with van der Waals surface area (Å²) in [5.74, 6) is -10.3. The molecule has 0 nitrogen and oxygen atoms in total. The lowest BCUT2D eigenvalue weighted by Gasteiger charge is -2.05. The Bertz CT molecular complexity index is 454. The van der Waals surface area contributed by atoms with Gasteiger partial charge in [0.15, 0.2) is 23.3 Å². The van der Waals surface area contributed by atoms with Crippen LogP contribution in [0.5, 0.6) is 0 Å². The van der Waals surface area contributed by atoms with Gasteiger partial charge in [-0.25, -0.2) is 22.0 Å². The minimum absolute atomic E-state index is 0.565. The smallest absolute Gasteiger partial charge is 0.203 e. The third-order valence-electron chi connectivity index (χ3n) is 1.68. The molecule has 0 radical (unpaired) electrons. The molecule has 9 heteroatoms. The van der Waals surface area contributed by atoms with Crippen molar-refractivity contribution in [3.8, 4) is 0 Å². The van der Waals surface area contributed by atoms with Gasteiger partial charge in [-0.3, -0.25) is 0 Å². The molecule has 0 aromatic heterocycles. The summed E-state index contributed by atoms with van der Waals surface area (Å²) >= 11 is 16.1. The molecule has 0 aliphatic carbocycles.